The van der Waals surface area contributed by atoms with E-state index in [0.717, 1.165) is 48.9 Å². The van der Waals surface area contributed by atoms with E-state index in [0.29, 0.717) is 30.5 Å². The number of aliphatic carboxylic acids is 1. The first-order valence-corrected chi connectivity index (χ1v) is 12.3. The summed E-state index contributed by atoms with van der Waals surface area (Å²) >= 11 is 0. The zero-order valence-electron chi connectivity index (χ0n) is 20.3. The molecule has 2 fully saturated rings. The highest BCUT2D eigenvalue weighted by molar-refractivity contribution is 5.75. The molecular weight excluding hydrogens is 434 g/mol. The molecule has 1 heterocycles. The molecule has 2 saturated carbocycles. The van der Waals surface area contributed by atoms with E-state index in [2.05, 4.69) is 5.16 Å². The molecule has 2 amide bonds. The van der Waals surface area contributed by atoms with E-state index < -0.39 is 5.97 Å². The molecule has 1 aromatic carbocycles. The molecule has 184 valence electrons. The van der Waals surface area contributed by atoms with Crippen LogP contribution < -0.4 is 4.74 Å². The summed E-state index contributed by atoms with van der Waals surface area (Å²) in [5.74, 6) is 0.291. The third kappa shape index (κ3) is 5.37. The molecule has 2 aromatic rings. The first-order valence-electron chi connectivity index (χ1n) is 12.3. The van der Waals surface area contributed by atoms with Gasteiger partial charge in [-0.25, -0.2) is 4.79 Å². The number of carbonyl (C=O) groups is 2. The predicted molar refractivity (Wildman–Crippen MR) is 128 cm³/mol. The highest BCUT2D eigenvalue weighted by Crippen LogP contribution is 2.32. The first kappa shape index (κ1) is 24.1. The van der Waals surface area contributed by atoms with Crippen LogP contribution in [0.4, 0.5) is 4.79 Å². The molecule has 8 nitrogen and oxygen atoms in total. The maximum Gasteiger partial charge on any atom is 0.320 e. The molecule has 0 spiro atoms. The number of nitrogens with zero attached hydrogens (tertiary/aromatic N) is 3. The Bertz CT molecular complexity index is 996. The Kier molecular flexibility index (Phi) is 7.44. The highest BCUT2D eigenvalue weighted by Gasteiger charge is 2.29. The number of rotatable bonds is 7. The van der Waals surface area contributed by atoms with Crippen molar-refractivity contribution in [2.75, 3.05) is 14.1 Å². The Morgan fingerprint density at radius 1 is 1.09 bits per heavy atom. The molecule has 0 unspecified atom stereocenters. The van der Waals surface area contributed by atoms with Crippen molar-refractivity contribution in [3.05, 3.63) is 35.5 Å². The van der Waals surface area contributed by atoms with Gasteiger partial charge in [-0.2, -0.15) is 0 Å². The fourth-order valence-electron chi connectivity index (χ4n) is 5.18. The number of hydrogen-bond acceptors (Lipinski definition) is 5. The second-order valence-electron chi connectivity index (χ2n) is 9.73. The van der Waals surface area contributed by atoms with Gasteiger partial charge in [0.25, 0.3) is 0 Å². The fraction of sp³-hybridized carbons (Fsp3) is 0.577. The number of hydrogen-bond donors (Lipinski definition) is 1. The van der Waals surface area contributed by atoms with Crippen LogP contribution in [0.25, 0.3) is 11.3 Å². The minimum Gasteiger partial charge on any atom is -0.490 e. The van der Waals surface area contributed by atoms with E-state index >= 15 is 0 Å². The first-order chi connectivity index (χ1) is 16.3. The summed E-state index contributed by atoms with van der Waals surface area (Å²) in [7, 11) is 3.70. The zero-order chi connectivity index (χ0) is 24.2. The summed E-state index contributed by atoms with van der Waals surface area (Å²) in [6.45, 7) is 2.30. The van der Waals surface area contributed by atoms with Crippen molar-refractivity contribution in [3.63, 3.8) is 0 Å². The van der Waals surface area contributed by atoms with Gasteiger partial charge in [-0.3, -0.25) is 4.79 Å². The maximum absolute atomic E-state index is 13.0. The SMILES string of the molecule is Cc1noc(-c2ccc(O[C@H]3CCC[C@H](C(=O)O)C3)cc2)c1CN(C)C(=O)N(C)C1CCCC1. The van der Waals surface area contributed by atoms with E-state index in [1.165, 1.54) is 12.8 Å². The van der Waals surface area contributed by atoms with E-state index in [1.54, 1.807) is 4.90 Å². The molecule has 34 heavy (non-hydrogen) atoms. The largest absolute Gasteiger partial charge is 0.490 e. The number of benzene rings is 1. The third-order valence-electron chi connectivity index (χ3n) is 7.28. The van der Waals surface area contributed by atoms with E-state index in [4.69, 9.17) is 9.26 Å². The number of ether oxygens (including phenoxy) is 1. The topological polar surface area (TPSA) is 96.1 Å². The van der Waals surface area contributed by atoms with E-state index in [9.17, 15) is 14.7 Å². The quantitative estimate of drug-likeness (QED) is 0.606. The molecule has 0 aliphatic heterocycles. The zero-order valence-corrected chi connectivity index (χ0v) is 20.3. The van der Waals surface area contributed by atoms with Crippen molar-refractivity contribution in [2.45, 2.75) is 77.0 Å². The van der Waals surface area contributed by atoms with Gasteiger partial charge in [0, 0.05) is 31.3 Å². The summed E-state index contributed by atoms with van der Waals surface area (Å²) in [6, 6.07) is 7.93. The predicted octanol–water partition coefficient (Wildman–Crippen LogP) is 5.10. The smallest absolute Gasteiger partial charge is 0.320 e. The molecule has 1 aromatic heterocycles. The van der Waals surface area contributed by atoms with Crippen LogP contribution in [-0.2, 0) is 11.3 Å². The summed E-state index contributed by atoms with van der Waals surface area (Å²) < 4.78 is 11.7. The van der Waals surface area contributed by atoms with Crippen molar-refractivity contribution >= 4 is 12.0 Å². The Morgan fingerprint density at radius 2 is 1.79 bits per heavy atom. The number of carbonyl (C=O) groups excluding carboxylic acids is 1. The van der Waals surface area contributed by atoms with Crippen LogP contribution in [0.1, 0.15) is 62.6 Å². The molecule has 0 saturated heterocycles. The van der Waals surface area contributed by atoms with Gasteiger partial charge in [-0.05, 0) is 69.7 Å². The van der Waals surface area contributed by atoms with E-state index in [-0.39, 0.29) is 18.1 Å². The van der Waals surface area contributed by atoms with Gasteiger partial charge in [-0.15, -0.1) is 0 Å². The van der Waals surface area contributed by atoms with Crippen LogP contribution in [0.2, 0.25) is 0 Å². The van der Waals surface area contributed by atoms with E-state index in [1.807, 2.05) is 50.2 Å². The average Bonchev–Trinajstić information content (AvgIpc) is 3.50. The van der Waals surface area contributed by atoms with Gasteiger partial charge < -0.3 is 24.2 Å². The van der Waals surface area contributed by atoms with Gasteiger partial charge in [0.1, 0.15) is 5.75 Å². The lowest BCUT2D eigenvalue weighted by atomic mass is 9.87. The Morgan fingerprint density at radius 3 is 2.47 bits per heavy atom. The normalized spacial score (nSPS) is 20.8. The van der Waals surface area contributed by atoms with Gasteiger partial charge in [0.2, 0.25) is 0 Å². The number of amides is 2. The number of carboxylic acid groups (broad SMARTS) is 1. The Balaban J connectivity index is 1.42. The van der Waals surface area contributed by atoms with Crippen LogP contribution in [0.5, 0.6) is 5.75 Å². The van der Waals surface area contributed by atoms with Gasteiger partial charge >= 0.3 is 12.0 Å². The van der Waals surface area contributed by atoms with Crippen molar-refractivity contribution in [1.29, 1.82) is 0 Å². The summed E-state index contributed by atoms with van der Waals surface area (Å²) in [4.78, 5) is 27.9. The average molecular weight is 470 g/mol. The van der Waals surface area contributed by atoms with Crippen LogP contribution in [0, 0.1) is 12.8 Å². The van der Waals surface area contributed by atoms with Crippen molar-refractivity contribution in [1.82, 2.24) is 15.0 Å². The minimum atomic E-state index is -0.741. The maximum atomic E-state index is 13.0. The number of aromatic nitrogens is 1. The molecule has 1 N–H and O–H groups in total. The molecule has 2 atom stereocenters. The second-order valence-corrected chi connectivity index (χ2v) is 9.73. The van der Waals surface area contributed by atoms with Crippen molar-refractivity contribution < 1.29 is 24.0 Å². The van der Waals surface area contributed by atoms with Crippen molar-refractivity contribution in [3.8, 4) is 17.1 Å². The monoisotopic (exact) mass is 469 g/mol. The Hall–Kier alpha value is -3.03. The number of aryl methyl sites for hydroxylation is 1. The number of urea groups is 1. The summed E-state index contributed by atoms with van der Waals surface area (Å²) in [5, 5.41) is 13.5. The summed E-state index contributed by atoms with van der Waals surface area (Å²) in [6.07, 6.45) is 7.41. The van der Waals surface area contributed by atoms with Crippen LogP contribution >= 0.6 is 0 Å². The Labute approximate surface area is 200 Å². The standard InChI is InChI=1S/C26H35N3O5/c1-17-23(16-28(2)26(32)29(3)20-8-4-5-9-20)24(34-27-17)18-11-13-21(14-12-18)33-22-10-6-7-19(15-22)25(30)31/h11-14,19-20,22H,4-10,15-16H2,1-3H3,(H,30,31)/t19-,22-/m0/s1. The van der Waals surface area contributed by atoms with Crippen LogP contribution in [0.3, 0.4) is 0 Å². The molecule has 4 rings (SSSR count). The fourth-order valence-corrected chi connectivity index (χ4v) is 5.18. The van der Waals surface area contributed by atoms with Gasteiger partial charge in [0.05, 0.1) is 24.3 Å². The lowest BCUT2D eigenvalue weighted by molar-refractivity contribution is -0.143. The molecular formula is C26H35N3O5. The lowest BCUT2D eigenvalue weighted by Crippen LogP contribution is -2.43. The molecule has 2 aliphatic carbocycles. The molecule has 0 bridgehead atoms. The van der Waals surface area contributed by atoms with Gasteiger partial charge in [0.15, 0.2) is 5.76 Å². The second kappa shape index (κ2) is 10.5. The molecule has 2 aliphatic rings. The lowest BCUT2D eigenvalue weighted by Gasteiger charge is -2.29. The van der Waals surface area contributed by atoms with Crippen molar-refractivity contribution in [2.24, 2.45) is 5.92 Å². The highest BCUT2D eigenvalue weighted by atomic mass is 16.5. The molecule has 8 heteroatoms. The third-order valence-corrected chi connectivity index (χ3v) is 7.28. The van der Waals surface area contributed by atoms with Crippen LogP contribution in [-0.4, -0.2) is 58.3 Å². The van der Waals surface area contributed by atoms with Crippen LogP contribution in [0.15, 0.2) is 28.8 Å². The number of carboxylic acids is 1. The minimum absolute atomic E-state index is 0.00865. The molecule has 0 radical (unpaired) electrons. The summed E-state index contributed by atoms with van der Waals surface area (Å²) in [5.41, 5.74) is 2.52. The van der Waals surface area contributed by atoms with Gasteiger partial charge in [-0.1, -0.05) is 18.0 Å².